The van der Waals surface area contributed by atoms with Gasteiger partial charge in [0.1, 0.15) is 5.75 Å². The molecule has 0 fully saturated rings. The van der Waals surface area contributed by atoms with E-state index in [4.69, 9.17) is 10.5 Å². The van der Waals surface area contributed by atoms with Gasteiger partial charge < -0.3 is 10.5 Å². The van der Waals surface area contributed by atoms with E-state index in [9.17, 15) is 8.42 Å². The molecule has 0 amide bonds. The van der Waals surface area contributed by atoms with Crippen molar-refractivity contribution in [1.29, 1.82) is 0 Å². The first-order chi connectivity index (χ1) is 9.42. The van der Waals surface area contributed by atoms with Gasteiger partial charge in [0.05, 0.1) is 17.8 Å². The van der Waals surface area contributed by atoms with E-state index in [0.29, 0.717) is 22.6 Å². The van der Waals surface area contributed by atoms with Crippen LogP contribution in [0.5, 0.6) is 5.75 Å². The molecule has 0 aliphatic rings. The number of hydrogen-bond donors (Lipinski definition) is 1. The van der Waals surface area contributed by atoms with Crippen molar-refractivity contribution in [1.82, 2.24) is 0 Å². The second-order valence-corrected chi connectivity index (χ2v) is 6.59. The molecule has 0 heterocycles. The number of sulfone groups is 1. The third-order valence-electron chi connectivity index (χ3n) is 3.04. The molecule has 2 aromatic carbocycles. The number of methoxy groups -OCH3 is 1. The van der Waals surface area contributed by atoms with E-state index in [1.165, 1.54) is 6.07 Å². The lowest BCUT2D eigenvalue weighted by molar-refractivity contribution is 0.414. The van der Waals surface area contributed by atoms with Gasteiger partial charge in [-0.1, -0.05) is 18.2 Å². The Kier molecular flexibility index (Phi) is 3.99. The maximum Gasteiger partial charge on any atom is 0.182 e. The van der Waals surface area contributed by atoms with Crippen molar-refractivity contribution in [3.63, 3.8) is 0 Å². The zero-order chi connectivity index (χ0) is 14.8. The first-order valence-corrected chi connectivity index (χ1v) is 7.79. The van der Waals surface area contributed by atoms with Crippen molar-refractivity contribution in [3.05, 3.63) is 53.6 Å². The number of rotatable bonds is 4. The Morgan fingerprint density at radius 3 is 2.60 bits per heavy atom. The summed E-state index contributed by atoms with van der Waals surface area (Å²) in [7, 11) is -1.88. The van der Waals surface area contributed by atoms with Crippen LogP contribution in [0.4, 0.5) is 5.69 Å². The minimum atomic E-state index is -3.43. The lowest BCUT2D eigenvalue weighted by atomic mass is 10.2. The Hall–Kier alpha value is -2.01. The number of ether oxygens (including phenoxy) is 1. The fourth-order valence-electron chi connectivity index (χ4n) is 2.01. The van der Waals surface area contributed by atoms with Crippen LogP contribution >= 0.6 is 0 Å². The van der Waals surface area contributed by atoms with Crippen LogP contribution in [0.15, 0.2) is 47.4 Å². The quantitative estimate of drug-likeness (QED) is 0.879. The van der Waals surface area contributed by atoms with Gasteiger partial charge in [-0.3, -0.25) is 0 Å². The van der Waals surface area contributed by atoms with E-state index in [-0.39, 0.29) is 10.6 Å². The fourth-order valence-corrected chi connectivity index (χ4v) is 3.66. The molecule has 106 valence electrons. The molecule has 0 unspecified atom stereocenters. The molecule has 20 heavy (non-hydrogen) atoms. The maximum absolute atomic E-state index is 12.5. The van der Waals surface area contributed by atoms with Crippen molar-refractivity contribution in [2.45, 2.75) is 17.6 Å². The molecule has 5 heteroatoms. The average molecular weight is 291 g/mol. The lowest BCUT2D eigenvalue weighted by Crippen LogP contribution is -2.07. The molecule has 0 radical (unpaired) electrons. The number of benzene rings is 2. The topological polar surface area (TPSA) is 69.4 Å². The van der Waals surface area contributed by atoms with Crippen molar-refractivity contribution < 1.29 is 13.2 Å². The Balaban J connectivity index is 2.38. The number of nitrogens with two attached hydrogens (primary N) is 1. The van der Waals surface area contributed by atoms with Crippen molar-refractivity contribution >= 4 is 15.5 Å². The van der Waals surface area contributed by atoms with Crippen LogP contribution in [-0.2, 0) is 15.6 Å². The molecule has 0 saturated carbocycles. The van der Waals surface area contributed by atoms with Crippen molar-refractivity contribution in [2.24, 2.45) is 0 Å². The summed E-state index contributed by atoms with van der Waals surface area (Å²) >= 11 is 0. The summed E-state index contributed by atoms with van der Waals surface area (Å²) in [5.74, 6) is 0.566. The molecule has 0 spiro atoms. The minimum absolute atomic E-state index is 0.0749. The molecule has 0 aliphatic carbocycles. The molecule has 2 N–H and O–H groups in total. The second-order valence-electron chi connectivity index (χ2n) is 4.64. The van der Waals surface area contributed by atoms with E-state index >= 15 is 0 Å². The summed E-state index contributed by atoms with van der Waals surface area (Å²) in [4.78, 5) is 0.278. The molecule has 2 rings (SSSR count). The number of anilines is 1. The van der Waals surface area contributed by atoms with Gasteiger partial charge in [-0.05, 0) is 42.3 Å². The predicted molar refractivity (Wildman–Crippen MR) is 79.5 cm³/mol. The van der Waals surface area contributed by atoms with Gasteiger partial charge in [0.2, 0.25) is 0 Å². The van der Waals surface area contributed by atoms with Crippen molar-refractivity contribution in [3.8, 4) is 5.75 Å². The van der Waals surface area contributed by atoms with Crippen LogP contribution in [0.3, 0.4) is 0 Å². The first-order valence-electron chi connectivity index (χ1n) is 6.14. The molecule has 0 saturated heterocycles. The molecular formula is C15H17NO3S. The molecule has 0 bridgehead atoms. The average Bonchev–Trinajstić information content (AvgIpc) is 2.41. The molecule has 4 nitrogen and oxygen atoms in total. The standard InChI is InChI=1S/C15H17NO3S/c1-11-6-7-13(16)9-15(11)20(17,18)10-12-4-3-5-14(8-12)19-2/h3-9H,10,16H2,1-2H3. The van der Waals surface area contributed by atoms with Gasteiger partial charge in [-0.2, -0.15) is 0 Å². The number of nitrogen functional groups attached to an aromatic ring is 1. The summed E-state index contributed by atoms with van der Waals surface area (Å²) < 4.78 is 30.1. The Bertz CT molecular complexity index is 724. The summed E-state index contributed by atoms with van der Waals surface area (Å²) in [6, 6.07) is 12.0. The first kappa shape index (κ1) is 14.4. The van der Waals surface area contributed by atoms with E-state index in [1.54, 1.807) is 50.4 Å². The second kappa shape index (κ2) is 5.54. The predicted octanol–water partition coefficient (Wildman–Crippen LogP) is 2.56. The SMILES string of the molecule is COc1cccc(CS(=O)(=O)c2cc(N)ccc2C)c1. The number of hydrogen-bond acceptors (Lipinski definition) is 4. The van der Waals surface area contributed by atoms with Crippen LogP contribution in [0, 0.1) is 6.92 Å². The molecule has 2 aromatic rings. The lowest BCUT2D eigenvalue weighted by Gasteiger charge is -2.09. The minimum Gasteiger partial charge on any atom is -0.497 e. The zero-order valence-corrected chi connectivity index (χ0v) is 12.3. The molecule has 0 atom stereocenters. The summed E-state index contributed by atoms with van der Waals surface area (Å²) in [5, 5.41) is 0. The van der Waals surface area contributed by atoms with Crippen LogP contribution in [-0.4, -0.2) is 15.5 Å². The Morgan fingerprint density at radius 1 is 1.15 bits per heavy atom. The van der Waals surface area contributed by atoms with E-state index < -0.39 is 9.84 Å². The third kappa shape index (κ3) is 3.11. The van der Waals surface area contributed by atoms with Gasteiger partial charge >= 0.3 is 0 Å². The van der Waals surface area contributed by atoms with Crippen LogP contribution < -0.4 is 10.5 Å². The largest absolute Gasteiger partial charge is 0.497 e. The van der Waals surface area contributed by atoms with Gasteiger partial charge in [-0.25, -0.2) is 8.42 Å². The van der Waals surface area contributed by atoms with Crippen LogP contribution in [0.1, 0.15) is 11.1 Å². The normalized spacial score (nSPS) is 11.3. The Labute approximate surface area is 119 Å². The van der Waals surface area contributed by atoms with E-state index in [0.717, 1.165) is 0 Å². The van der Waals surface area contributed by atoms with Crippen molar-refractivity contribution in [2.75, 3.05) is 12.8 Å². The molecule has 0 aliphatic heterocycles. The van der Waals surface area contributed by atoms with Crippen LogP contribution in [0.2, 0.25) is 0 Å². The number of aryl methyl sites for hydroxylation is 1. The fraction of sp³-hybridized carbons (Fsp3) is 0.200. The summed E-state index contributed by atoms with van der Waals surface area (Å²) in [6.45, 7) is 1.76. The molecule has 0 aromatic heterocycles. The van der Waals surface area contributed by atoms with Gasteiger partial charge in [0.15, 0.2) is 9.84 Å². The zero-order valence-electron chi connectivity index (χ0n) is 11.5. The Morgan fingerprint density at radius 2 is 1.90 bits per heavy atom. The monoisotopic (exact) mass is 291 g/mol. The van der Waals surface area contributed by atoms with E-state index in [2.05, 4.69) is 0 Å². The highest BCUT2D eigenvalue weighted by atomic mass is 32.2. The highest BCUT2D eigenvalue weighted by Crippen LogP contribution is 2.23. The van der Waals surface area contributed by atoms with Gasteiger partial charge in [0.25, 0.3) is 0 Å². The van der Waals surface area contributed by atoms with E-state index in [1.807, 2.05) is 0 Å². The third-order valence-corrected chi connectivity index (χ3v) is 4.86. The summed E-state index contributed by atoms with van der Waals surface area (Å²) in [6.07, 6.45) is 0. The van der Waals surface area contributed by atoms with Crippen LogP contribution in [0.25, 0.3) is 0 Å². The maximum atomic E-state index is 12.5. The highest BCUT2D eigenvalue weighted by Gasteiger charge is 2.18. The van der Waals surface area contributed by atoms with Gasteiger partial charge in [-0.15, -0.1) is 0 Å². The smallest absolute Gasteiger partial charge is 0.182 e. The highest BCUT2D eigenvalue weighted by molar-refractivity contribution is 7.90. The molecular weight excluding hydrogens is 274 g/mol. The summed E-state index contributed by atoms with van der Waals surface area (Å²) in [5.41, 5.74) is 7.51. The van der Waals surface area contributed by atoms with Gasteiger partial charge in [0, 0.05) is 5.69 Å².